The first-order valence-electron chi connectivity index (χ1n) is 10.1. The lowest BCUT2D eigenvalue weighted by atomic mass is 9.95. The maximum absolute atomic E-state index is 6.12. The van der Waals surface area contributed by atoms with E-state index in [0.717, 1.165) is 44.8 Å². The summed E-state index contributed by atoms with van der Waals surface area (Å²) < 4.78 is 13.3. The maximum Gasteiger partial charge on any atom is 0.320 e. The number of imidazole rings is 1. The monoisotopic (exact) mass is 376 g/mol. The van der Waals surface area contributed by atoms with Gasteiger partial charge in [-0.25, -0.2) is 0 Å². The Morgan fingerprint density at radius 1 is 1.33 bits per heavy atom. The van der Waals surface area contributed by atoms with Gasteiger partial charge in [-0.05, 0) is 58.0 Å². The van der Waals surface area contributed by atoms with Gasteiger partial charge >= 0.3 is 6.01 Å². The molecule has 0 radical (unpaired) electrons. The first-order valence-corrected chi connectivity index (χ1v) is 10.1. The van der Waals surface area contributed by atoms with Gasteiger partial charge in [0, 0.05) is 6.54 Å². The lowest BCUT2D eigenvalue weighted by Crippen LogP contribution is -2.29. The minimum atomic E-state index is 0.0453. The Kier molecular flexibility index (Phi) is 6.71. The zero-order valence-electron chi connectivity index (χ0n) is 16.7. The van der Waals surface area contributed by atoms with Crippen molar-refractivity contribution in [3.05, 3.63) is 0 Å². The minimum absolute atomic E-state index is 0.0453. The SMILES string of the molecule is CCC[C@H](C)Oc1nc(N)c2nc(OC)n(CCCC3CCCNC3)c2n1. The van der Waals surface area contributed by atoms with Gasteiger partial charge in [0.25, 0.3) is 6.01 Å². The molecular weight excluding hydrogens is 344 g/mol. The van der Waals surface area contributed by atoms with E-state index in [4.69, 9.17) is 15.2 Å². The summed E-state index contributed by atoms with van der Waals surface area (Å²) in [4.78, 5) is 13.3. The van der Waals surface area contributed by atoms with E-state index < -0.39 is 0 Å². The molecule has 3 N–H and O–H groups in total. The van der Waals surface area contributed by atoms with Crippen LogP contribution in [-0.4, -0.2) is 45.8 Å². The van der Waals surface area contributed by atoms with Crippen molar-refractivity contribution < 1.29 is 9.47 Å². The van der Waals surface area contributed by atoms with E-state index >= 15 is 0 Å². The highest BCUT2D eigenvalue weighted by molar-refractivity contribution is 5.83. The van der Waals surface area contributed by atoms with Gasteiger partial charge in [0.15, 0.2) is 17.0 Å². The van der Waals surface area contributed by atoms with Crippen molar-refractivity contribution in [2.45, 2.75) is 65.0 Å². The van der Waals surface area contributed by atoms with Crippen molar-refractivity contribution in [3.8, 4) is 12.0 Å². The van der Waals surface area contributed by atoms with Gasteiger partial charge in [-0.1, -0.05) is 13.3 Å². The standard InChI is InChI=1S/C19H32N6O2/c1-4-7-13(2)27-18-23-16(20)15-17(24-18)25(19(22-15)26-3)11-6-9-14-8-5-10-21-12-14/h13-14,21H,4-12H2,1-3H3,(H2,20,23,24)/t13-,14?/m0/s1. The zero-order chi connectivity index (χ0) is 19.2. The predicted octanol–water partition coefficient (Wildman–Crippen LogP) is 2.76. The van der Waals surface area contributed by atoms with Crippen molar-refractivity contribution in [2.24, 2.45) is 5.92 Å². The second-order valence-electron chi connectivity index (χ2n) is 7.39. The zero-order valence-corrected chi connectivity index (χ0v) is 16.7. The molecule has 1 fully saturated rings. The summed E-state index contributed by atoms with van der Waals surface area (Å²) in [5.74, 6) is 1.07. The second-order valence-corrected chi connectivity index (χ2v) is 7.39. The van der Waals surface area contributed by atoms with Gasteiger partial charge in [0.05, 0.1) is 13.2 Å². The van der Waals surface area contributed by atoms with Crippen LogP contribution >= 0.6 is 0 Å². The van der Waals surface area contributed by atoms with Crippen molar-refractivity contribution in [1.82, 2.24) is 24.8 Å². The van der Waals surface area contributed by atoms with Crippen LogP contribution in [0.1, 0.15) is 52.4 Å². The highest BCUT2D eigenvalue weighted by atomic mass is 16.5. The van der Waals surface area contributed by atoms with E-state index in [9.17, 15) is 0 Å². The smallest absolute Gasteiger partial charge is 0.320 e. The van der Waals surface area contributed by atoms with Gasteiger partial charge < -0.3 is 20.5 Å². The lowest BCUT2D eigenvalue weighted by Gasteiger charge is -2.22. The summed E-state index contributed by atoms with van der Waals surface area (Å²) in [6.07, 6.45) is 6.82. The van der Waals surface area contributed by atoms with Crippen LogP contribution in [0.4, 0.5) is 5.82 Å². The topological polar surface area (TPSA) is 100 Å². The number of nitrogens with zero attached hydrogens (tertiary/aromatic N) is 4. The molecule has 3 heterocycles. The van der Waals surface area contributed by atoms with Crippen LogP contribution in [0.15, 0.2) is 0 Å². The maximum atomic E-state index is 6.12. The number of aryl methyl sites for hydroxylation is 1. The largest absolute Gasteiger partial charge is 0.468 e. The Morgan fingerprint density at radius 3 is 2.89 bits per heavy atom. The van der Waals surface area contributed by atoms with Gasteiger partial charge in [0.2, 0.25) is 0 Å². The van der Waals surface area contributed by atoms with E-state index in [1.54, 1.807) is 7.11 Å². The molecule has 0 amide bonds. The van der Waals surface area contributed by atoms with Crippen LogP contribution < -0.4 is 20.5 Å². The molecule has 8 nitrogen and oxygen atoms in total. The Labute approximate surface area is 160 Å². The Hall–Kier alpha value is -2.09. The van der Waals surface area contributed by atoms with Gasteiger partial charge in [-0.3, -0.25) is 4.57 Å². The molecule has 1 aliphatic heterocycles. The normalized spacial score (nSPS) is 18.6. The quantitative estimate of drug-likeness (QED) is 0.694. The highest BCUT2D eigenvalue weighted by Crippen LogP contribution is 2.27. The molecule has 3 rings (SSSR count). The fraction of sp³-hybridized carbons (Fsp3) is 0.737. The molecule has 0 spiro atoms. The average molecular weight is 377 g/mol. The Balaban J connectivity index is 1.78. The van der Waals surface area contributed by atoms with E-state index in [2.05, 4.69) is 27.2 Å². The van der Waals surface area contributed by atoms with E-state index in [0.29, 0.717) is 29.0 Å². The van der Waals surface area contributed by atoms with Crippen LogP contribution in [0.3, 0.4) is 0 Å². The minimum Gasteiger partial charge on any atom is -0.468 e. The summed E-state index contributed by atoms with van der Waals surface area (Å²) in [5, 5.41) is 3.48. The molecule has 150 valence electrons. The first kappa shape index (κ1) is 19.7. The number of fused-ring (bicyclic) bond motifs is 1. The number of piperidine rings is 1. The van der Waals surface area contributed by atoms with E-state index in [1.807, 2.05) is 11.5 Å². The van der Waals surface area contributed by atoms with E-state index in [1.165, 1.54) is 19.3 Å². The number of anilines is 1. The molecule has 2 aromatic rings. The molecule has 0 bridgehead atoms. The molecule has 1 unspecified atom stereocenters. The van der Waals surface area contributed by atoms with Gasteiger partial charge in [-0.2, -0.15) is 15.0 Å². The number of rotatable bonds is 9. The van der Waals surface area contributed by atoms with Gasteiger partial charge in [-0.15, -0.1) is 0 Å². The molecule has 2 aromatic heterocycles. The molecule has 0 aliphatic carbocycles. The number of hydrogen-bond donors (Lipinski definition) is 2. The number of methoxy groups -OCH3 is 1. The molecule has 27 heavy (non-hydrogen) atoms. The highest BCUT2D eigenvalue weighted by Gasteiger charge is 2.19. The van der Waals surface area contributed by atoms with Gasteiger partial charge in [0.1, 0.15) is 0 Å². The van der Waals surface area contributed by atoms with Crippen LogP contribution in [0, 0.1) is 5.92 Å². The van der Waals surface area contributed by atoms with Crippen molar-refractivity contribution in [1.29, 1.82) is 0 Å². The molecular formula is C19H32N6O2. The molecule has 2 atom stereocenters. The molecule has 0 saturated carbocycles. The number of nitrogens with two attached hydrogens (primary N) is 1. The van der Waals surface area contributed by atoms with Crippen molar-refractivity contribution in [2.75, 3.05) is 25.9 Å². The summed E-state index contributed by atoms with van der Waals surface area (Å²) in [5.41, 5.74) is 7.37. The van der Waals surface area contributed by atoms with Crippen LogP contribution in [0.25, 0.3) is 11.2 Å². The van der Waals surface area contributed by atoms with Crippen LogP contribution in [0.2, 0.25) is 0 Å². The van der Waals surface area contributed by atoms with Crippen molar-refractivity contribution >= 4 is 17.0 Å². The van der Waals surface area contributed by atoms with Crippen molar-refractivity contribution in [3.63, 3.8) is 0 Å². The Bertz CT molecular complexity index is 741. The number of ether oxygens (including phenoxy) is 2. The molecule has 0 aromatic carbocycles. The second kappa shape index (κ2) is 9.21. The summed E-state index contributed by atoms with van der Waals surface area (Å²) in [6.45, 7) is 7.19. The average Bonchev–Trinajstić information content (AvgIpc) is 3.01. The fourth-order valence-electron chi connectivity index (χ4n) is 3.75. The Morgan fingerprint density at radius 2 is 2.19 bits per heavy atom. The number of aromatic nitrogens is 4. The summed E-state index contributed by atoms with van der Waals surface area (Å²) >= 11 is 0. The predicted molar refractivity (Wildman–Crippen MR) is 106 cm³/mol. The van der Waals surface area contributed by atoms with Crippen LogP contribution in [0.5, 0.6) is 12.0 Å². The molecule has 8 heteroatoms. The summed E-state index contributed by atoms with van der Waals surface area (Å²) in [7, 11) is 1.62. The third-order valence-electron chi connectivity index (χ3n) is 5.14. The molecule has 1 aliphatic rings. The summed E-state index contributed by atoms with van der Waals surface area (Å²) in [6, 6.07) is 0.827. The number of nitrogen functional groups attached to an aromatic ring is 1. The number of nitrogens with one attached hydrogen (secondary N) is 1. The number of hydrogen-bond acceptors (Lipinski definition) is 7. The fourth-order valence-corrected chi connectivity index (χ4v) is 3.75. The first-order chi connectivity index (χ1) is 13.1. The third kappa shape index (κ3) is 4.80. The lowest BCUT2D eigenvalue weighted by molar-refractivity contribution is 0.193. The molecule has 1 saturated heterocycles. The third-order valence-corrected chi connectivity index (χ3v) is 5.14. The van der Waals surface area contributed by atoms with Crippen LogP contribution in [-0.2, 0) is 6.54 Å². The van der Waals surface area contributed by atoms with E-state index in [-0.39, 0.29) is 6.10 Å².